The van der Waals surface area contributed by atoms with E-state index in [0.717, 1.165) is 0 Å². The lowest BCUT2D eigenvalue weighted by molar-refractivity contribution is -0.147. The number of nitrogens with zero attached hydrogens (tertiary/aromatic N) is 2. The first-order valence-corrected chi connectivity index (χ1v) is 6.68. The molecule has 3 amide bonds. The summed E-state index contributed by atoms with van der Waals surface area (Å²) in [6.07, 6.45) is 0. The van der Waals surface area contributed by atoms with Gasteiger partial charge in [0, 0.05) is 26.2 Å². The van der Waals surface area contributed by atoms with Crippen LogP contribution in [-0.2, 0) is 14.3 Å². The van der Waals surface area contributed by atoms with Gasteiger partial charge in [0.1, 0.15) is 6.04 Å². The highest BCUT2D eigenvalue weighted by atomic mass is 16.5. The van der Waals surface area contributed by atoms with Crippen molar-refractivity contribution in [1.82, 2.24) is 15.1 Å². The van der Waals surface area contributed by atoms with Gasteiger partial charge in [-0.25, -0.2) is 4.79 Å². The number of rotatable bonds is 3. The van der Waals surface area contributed by atoms with Crippen LogP contribution in [-0.4, -0.2) is 78.2 Å². The second-order valence-electron chi connectivity index (χ2n) is 4.90. The van der Waals surface area contributed by atoms with Crippen LogP contribution in [0.4, 0.5) is 4.79 Å². The van der Waals surface area contributed by atoms with E-state index in [1.54, 1.807) is 6.92 Å². The van der Waals surface area contributed by atoms with Crippen LogP contribution in [0.2, 0.25) is 0 Å². The molecule has 2 aliphatic heterocycles. The van der Waals surface area contributed by atoms with Gasteiger partial charge in [-0.15, -0.1) is 0 Å². The van der Waals surface area contributed by atoms with Crippen LogP contribution < -0.4 is 5.32 Å². The Hall–Kier alpha value is -1.83. The number of likely N-dealkylation sites (N-methyl/N-ethyl adjacent to an activating group) is 1. The summed E-state index contributed by atoms with van der Waals surface area (Å²) in [4.78, 5) is 37.9. The summed E-state index contributed by atoms with van der Waals surface area (Å²) in [5, 5.41) is 11.5. The lowest BCUT2D eigenvalue weighted by Crippen LogP contribution is -2.63. The second kappa shape index (κ2) is 6.08. The van der Waals surface area contributed by atoms with Crippen molar-refractivity contribution < 1.29 is 24.2 Å². The van der Waals surface area contributed by atoms with E-state index in [-0.39, 0.29) is 31.6 Å². The first-order chi connectivity index (χ1) is 9.54. The topological polar surface area (TPSA) is 99.2 Å². The highest BCUT2D eigenvalue weighted by Crippen LogP contribution is 2.20. The SMILES string of the molecule is CCNC(=O)C1COCCN1C(=O)N1CC(C(=O)O)C1. The molecule has 0 aromatic heterocycles. The van der Waals surface area contributed by atoms with Gasteiger partial charge in [-0.2, -0.15) is 0 Å². The van der Waals surface area contributed by atoms with Crippen molar-refractivity contribution >= 4 is 17.9 Å². The zero-order valence-corrected chi connectivity index (χ0v) is 11.4. The second-order valence-corrected chi connectivity index (χ2v) is 4.90. The maximum atomic E-state index is 12.3. The molecule has 0 aliphatic carbocycles. The Morgan fingerprint density at radius 2 is 2.05 bits per heavy atom. The van der Waals surface area contributed by atoms with Gasteiger partial charge in [0.15, 0.2) is 0 Å². The smallest absolute Gasteiger partial charge is 0.320 e. The van der Waals surface area contributed by atoms with Crippen molar-refractivity contribution in [3.8, 4) is 0 Å². The molecular weight excluding hydrogens is 266 g/mol. The number of likely N-dealkylation sites (tertiary alicyclic amines) is 1. The first kappa shape index (κ1) is 14.6. The Labute approximate surface area is 116 Å². The monoisotopic (exact) mass is 285 g/mol. The summed E-state index contributed by atoms with van der Waals surface area (Å²) < 4.78 is 5.25. The van der Waals surface area contributed by atoms with Gasteiger partial charge in [0.2, 0.25) is 5.91 Å². The molecule has 0 aromatic carbocycles. The van der Waals surface area contributed by atoms with Crippen LogP contribution >= 0.6 is 0 Å². The van der Waals surface area contributed by atoms with Gasteiger partial charge in [0.05, 0.1) is 19.1 Å². The van der Waals surface area contributed by atoms with E-state index < -0.39 is 17.9 Å². The van der Waals surface area contributed by atoms with E-state index >= 15 is 0 Å². The number of aliphatic carboxylic acids is 1. The van der Waals surface area contributed by atoms with E-state index in [2.05, 4.69) is 5.32 Å². The maximum Gasteiger partial charge on any atom is 0.320 e. The molecule has 0 aromatic rings. The quantitative estimate of drug-likeness (QED) is 0.690. The standard InChI is InChI=1S/C12H19N3O5/c1-2-13-10(16)9-7-20-4-3-15(9)12(19)14-5-8(6-14)11(17)18/h8-9H,2-7H2,1H3,(H,13,16)(H,17,18). The minimum absolute atomic E-state index is 0.174. The summed E-state index contributed by atoms with van der Waals surface area (Å²) in [6, 6.07) is -0.929. The van der Waals surface area contributed by atoms with Gasteiger partial charge < -0.3 is 25.0 Å². The molecule has 20 heavy (non-hydrogen) atoms. The molecule has 2 heterocycles. The third-order valence-electron chi connectivity index (χ3n) is 3.53. The van der Waals surface area contributed by atoms with Crippen LogP contribution in [0.5, 0.6) is 0 Å². The summed E-state index contributed by atoms with van der Waals surface area (Å²) in [5.74, 6) is -1.63. The third kappa shape index (κ3) is 2.84. The first-order valence-electron chi connectivity index (χ1n) is 6.68. The average Bonchev–Trinajstić information content (AvgIpc) is 2.36. The van der Waals surface area contributed by atoms with Gasteiger partial charge >= 0.3 is 12.0 Å². The molecule has 0 bridgehead atoms. The lowest BCUT2D eigenvalue weighted by atomic mass is 10.0. The van der Waals surface area contributed by atoms with Gasteiger partial charge in [0.25, 0.3) is 0 Å². The normalized spacial score (nSPS) is 23.1. The van der Waals surface area contributed by atoms with Crippen LogP contribution in [0.3, 0.4) is 0 Å². The van der Waals surface area contributed by atoms with Crippen molar-refractivity contribution in [2.75, 3.05) is 39.4 Å². The lowest BCUT2D eigenvalue weighted by Gasteiger charge is -2.43. The number of morpholine rings is 1. The minimum Gasteiger partial charge on any atom is -0.481 e. The molecule has 1 unspecified atom stereocenters. The third-order valence-corrected chi connectivity index (χ3v) is 3.53. The maximum absolute atomic E-state index is 12.3. The molecular formula is C12H19N3O5. The number of urea groups is 1. The molecule has 2 aliphatic rings. The van der Waals surface area contributed by atoms with E-state index in [1.165, 1.54) is 9.80 Å². The molecule has 2 N–H and O–H groups in total. The van der Waals surface area contributed by atoms with Crippen molar-refractivity contribution in [2.24, 2.45) is 5.92 Å². The number of hydrogen-bond acceptors (Lipinski definition) is 4. The fraction of sp³-hybridized carbons (Fsp3) is 0.750. The minimum atomic E-state index is -0.892. The van der Waals surface area contributed by atoms with Gasteiger partial charge in [-0.1, -0.05) is 0 Å². The Bertz CT molecular complexity index is 408. The predicted molar refractivity (Wildman–Crippen MR) is 68.1 cm³/mol. The Balaban J connectivity index is 1.96. The van der Waals surface area contributed by atoms with Crippen molar-refractivity contribution in [3.63, 3.8) is 0 Å². The summed E-state index contributed by atoms with van der Waals surface area (Å²) in [7, 11) is 0. The summed E-state index contributed by atoms with van der Waals surface area (Å²) in [5.41, 5.74) is 0. The number of amides is 3. The van der Waals surface area contributed by atoms with Crippen LogP contribution in [0.1, 0.15) is 6.92 Å². The number of carbonyl (C=O) groups excluding carboxylic acids is 2. The molecule has 8 nitrogen and oxygen atoms in total. The Kier molecular flexibility index (Phi) is 4.43. The van der Waals surface area contributed by atoms with E-state index in [9.17, 15) is 14.4 Å². The van der Waals surface area contributed by atoms with Crippen LogP contribution in [0, 0.1) is 5.92 Å². The summed E-state index contributed by atoms with van der Waals surface area (Å²) >= 11 is 0. The molecule has 1 atom stereocenters. The van der Waals surface area contributed by atoms with Crippen molar-refractivity contribution in [3.05, 3.63) is 0 Å². The summed E-state index contributed by atoms with van der Waals surface area (Å²) in [6.45, 7) is 3.60. The zero-order chi connectivity index (χ0) is 14.7. The number of carboxylic acid groups (broad SMARTS) is 1. The highest BCUT2D eigenvalue weighted by Gasteiger charge is 2.41. The Morgan fingerprint density at radius 1 is 1.35 bits per heavy atom. The van der Waals surface area contributed by atoms with E-state index in [4.69, 9.17) is 9.84 Å². The molecule has 112 valence electrons. The fourth-order valence-corrected chi connectivity index (χ4v) is 2.31. The zero-order valence-electron chi connectivity index (χ0n) is 11.4. The van der Waals surface area contributed by atoms with Gasteiger partial charge in [-0.05, 0) is 6.92 Å². The van der Waals surface area contributed by atoms with Crippen LogP contribution in [0.15, 0.2) is 0 Å². The fourth-order valence-electron chi connectivity index (χ4n) is 2.31. The number of carboxylic acids is 1. The molecule has 0 saturated carbocycles. The number of ether oxygens (including phenoxy) is 1. The number of hydrogen-bond donors (Lipinski definition) is 2. The van der Waals surface area contributed by atoms with Crippen molar-refractivity contribution in [1.29, 1.82) is 0 Å². The molecule has 2 fully saturated rings. The van der Waals surface area contributed by atoms with Crippen LogP contribution in [0.25, 0.3) is 0 Å². The Morgan fingerprint density at radius 3 is 2.65 bits per heavy atom. The molecule has 2 saturated heterocycles. The average molecular weight is 285 g/mol. The number of nitrogens with one attached hydrogen (secondary N) is 1. The van der Waals surface area contributed by atoms with Crippen molar-refractivity contribution in [2.45, 2.75) is 13.0 Å². The van der Waals surface area contributed by atoms with E-state index in [1.807, 2.05) is 0 Å². The molecule has 0 radical (unpaired) electrons. The predicted octanol–water partition coefficient (Wildman–Crippen LogP) is -1.04. The highest BCUT2D eigenvalue weighted by molar-refractivity contribution is 5.88. The van der Waals surface area contributed by atoms with Gasteiger partial charge in [-0.3, -0.25) is 9.59 Å². The molecule has 2 rings (SSSR count). The van der Waals surface area contributed by atoms with E-state index in [0.29, 0.717) is 19.7 Å². The number of carbonyl (C=O) groups is 3. The molecule has 0 spiro atoms. The molecule has 8 heteroatoms. The largest absolute Gasteiger partial charge is 0.481 e.